The summed E-state index contributed by atoms with van der Waals surface area (Å²) in [6, 6.07) is 0. The minimum absolute atomic E-state index is 0.440. The molecule has 0 aliphatic carbocycles. The molecule has 4 aromatic rings. The van der Waals surface area contributed by atoms with Gasteiger partial charge in [-0.05, 0) is 19.4 Å². The van der Waals surface area contributed by atoms with Crippen molar-refractivity contribution in [2.24, 2.45) is 0 Å². The molecule has 0 aromatic carbocycles. The van der Waals surface area contributed by atoms with E-state index in [4.69, 9.17) is 11.6 Å². The van der Waals surface area contributed by atoms with Gasteiger partial charge in [0.2, 0.25) is 0 Å². The van der Waals surface area contributed by atoms with E-state index in [2.05, 4.69) is 25.4 Å². The second-order valence-corrected chi connectivity index (χ2v) is 5.12. The van der Waals surface area contributed by atoms with Crippen LogP contribution in [0.25, 0.3) is 22.6 Å². The summed E-state index contributed by atoms with van der Waals surface area (Å²) in [5.41, 5.74) is 4.20. The molecule has 8 heteroatoms. The van der Waals surface area contributed by atoms with Gasteiger partial charge in [0, 0.05) is 18.0 Å². The molecule has 0 bridgehead atoms. The molecule has 0 N–H and O–H groups in total. The monoisotopic (exact) mass is 299 g/mol. The van der Waals surface area contributed by atoms with Crippen molar-refractivity contribution in [3.63, 3.8) is 0 Å². The number of halogens is 1. The fraction of sp³-hybridized carbons (Fsp3) is 0.154. The first-order valence-corrected chi connectivity index (χ1v) is 6.70. The second-order valence-electron chi connectivity index (χ2n) is 4.76. The fourth-order valence-electron chi connectivity index (χ4n) is 2.27. The van der Waals surface area contributed by atoms with Crippen LogP contribution < -0.4 is 0 Å². The van der Waals surface area contributed by atoms with Gasteiger partial charge in [0.05, 0.1) is 23.5 Å². The molecule has 0 fully saturated rings. The zero-order chi connectivity index (χ0) is 14.6. The van der Waals surface area contributed by atoms with Gasteiger partial charge in [0.15, 0.2) is 16.6 Å². The van der Waals surface area contributed by atoms with Gasteiger partial charge in [0.1, 0.15) is 0 Å². The predicted molar refractivity (Wildman–Crippen MR) is 77.2 cm³/mol. The summed E-state index contributed by atoms with van der Waals surface area (Å²) in [7, 11) is 0. The number of rotatable bonds is 1. The smallest absolute Gasteiger partial charge is 0.189 e. The SMILES string of the molecule is Cc1c(Cl)nn2c(-c3cnn4ccncc34)nnc2c1C. The summed E-state index contributed by atoms with van der Waals surface area (Å²) in [6.07, 6.45) is 6.90. The molecule has 104 valence electrons. The van der Waals surface area contributed by atoms with Crippen LogP contribution in [0.2, 0.25) is 5.15 Å². The summed E-state index contributed by atoms with van der Waals surface area (Å²) >= 11 is 6.18. The first kappa shape index (κ1) is 12.2. The minimum Gasteiger partial charge on any atom is -0.261 e. The average Bonchev–Trinajstić information content (AvgIpc) is 3.08. The van der Waals surface area contributed by atoms with E-state index in [1.165, 1.54) is 0 Å². The van der Waals surface area contributed by atoms with Gasteiger partial charge in [-0.3, -0.25) is 4.98 Å². The average molecular weight is 300 g/mol. The largest absolute Gasteiger partial charge is 0.261 e. The Labute approximate surface area is 124 Å². The van der Waals surface area contributed by atoms with E-state index >= 15 is 0 Å². The molecule has 4 heterocycles. The lowest BCUT2D eigenvalue weighted by molar-refractivity contribution is 0.920. The van der Waals surface area contributed by atoms with Crippen molar-refractivity contribution < 1.29 is 0 Å². The van der Waals surface area contributed by atoms with Crippen molar-refractivity contribution in [1.82, 2.24) is 34.4 Å². The fourth-order valence-corrected chi connectivity index (χ4v) is 2.49. The topological polar surface area (TPSA) is 73.3 Å². The van der Waals surface area contributed by atoms with E-state index in [9.17, 15) is 0 Å². The van der Waals surface area contributed by atoms with Gasteiger partial charge in [-0.2, -0.15) is 14.7 Å². The number of hydrogen-bond acceptors (Lipinski definition) is 5. The van der Waals surface area contributed by atoms with Gasteiger partial charge in [0.25, 0.3) is 0 Å². The molecule has 4 rings (SSSR count). The molecule has 7 nitrogen and oxygen atoms in total. The molecular formula is C13H10ClN7. The number of fused-ring (bicyclic) bond motifs is 2. The van der Waals surface area contributed by atoms with Crippen LogP contribution in [0.15, 0.2) is 24.8 Å². The third-order valence-electron chi connectivity index (χ3n) is 3.60. The summed E-state index contributed by atoms with van der Waals surface area (Å²) in [5, 5.41) is 17.5. The quantitative estimate of drug-likeness (QED) is 0.538. The number of aryl methyl sites for hydroxylation is 1. The second kappa shape index (κ2) is 4.23. The number of aromatic nitrogens is 7. The maximum absolute atomic E-state index is 6.18. The Bertz CT molecular complexity index is 985. The third-order valence-corrected chi connectivity index (χ3v) is 3.96. The standard InChI is InChI=1S/C13H10ClN7/c1-7-8(2)12-17-18-13(21(12)19-11(7)14)9-5-16-20-4-3-15-6-10(9)20/h3-6H,1-2H3. The Morgan fingerprint density at radius 3 is 2.81 bits per heavy atom. The van der Waals surface area contributed by atoms with Crippen molar-refractivity contribution in [2.75, 3.05) is 0 Å². The van der Waals surface area contributed by atoms with Gasteiger partial charge < -0.3 is 0 Å². The summed E-state index contributed by atoms with van der Waals surface area (Å²) in [6.45, 7) is 3.87. The maximum Gasteiger partial charge on any atom is 0.189 e. The number of hydrogen-bond donors (Lipinski definition) is 0. The van der Waals surface area contributed by atoms with Gasteiger partial charge >= 0.3 is 0 Å². The van der Waals surface area contributed by atoms with Gasteiger partial charge in [-0.1, -0.05) is 11.6 Å². The van der Waals surface area contributed by atoms with Crippen molar-refractivity contribution in [2.45, 2.75) is 13.8 Å². The van der Waals surface area contributed by atoms with E-state index in [-0.39, 0.29) is 0 Å². The summed E-state index contributed by atoms with van der Waals surface area (Å²) in [5.74, 6) is 0.595. The Morgan fingerprint density at radius 2 is 1.95 bits per heavy atom. The highest BCUT2D eigenvalue weighted by Gasteiger charge is 2.17. The van der Waals surface area contributed by atoms with E-state index in [0.717, 1.165) is 22.2 Å². The van der Waals surface area contributed by atoms with Gasteiger partial charge in [-0.15, -0.1) is 10.2 Å². The van der Waals surface area contributed by atoms with Crippen LogP contribution in [0.4, 0.5) is 0 Å². The molecule has 0 radical (unpaired) electrons. The molecular weight excluding hydrogens is 290 g/mol. The zero-order valence-electron chi connectivity index (χ0n) is 11.3. The molecule has 21 heavy (non-hydrogen) atoms. The summed E-state index contributed by atoms with van der Waals surface area (Å²) in [4.78, 5) is 4.12. The molecule has 0 aliphatic heterocycles. The number of nitrogens with zero attached hydrogens (tertiary/aromatic N) is 7. The van der Waals surface area contributed by atoms with Crippen molar-refractivity contribution in [3.05, 3.63) is 41.1 Å². The Kier molecular flexibility index (Phi) is 2.46. The van der Waals surface area contributed by atoms with E-state index in [1.807, 2.05) is 13.8 Å². The van der Waals surface area contributed by atoms with E-state index in [1.54, 1.807) is 33.8 Å². The molecule has 0 saturated carbocycles. The highest BCUT2D eigenvalue weighted by atomic mass is 35.5. The summed E-state index contributed by atoms with van der Waals surface area (Å²) < 4.78 is 3.38. The van der Waals surface area contributed by atoms with Crippen molar-refractivity contribution in [3.8, 4) is 11.4 Å². The van der Waals surface area contributed by atoms with Crippen molar-refractivity contribution >= 4 is 22.8 Å². The molecule has 4 aromatic heterocycles. The van der Waals surface area contributed by atoms with Crippen LogP contribution >= 0.6 is 11.6 Å². The maximum atomic E-state index is 6.18. The first-order chi connectivity index (χ1) is 10.2. The Morgan fingerprint density at radius 1 is 1.10 bits per heavy atom. The van der Waals surface area contributed by atoms with Gasteiger partial charge in [-0.25, -0.2) is 4.52 Å². The highest BCUT2D eigenvalue weighted by Crippen LogP contribution is 2.26. The highest BCUT2D eigenvalue weighted by molar-refractivity contribution is 6.30. The van der Waals surface area contributed by atoms with E-state index < -0.39 is 0 Å². The zero-order valence-corrected chi connectivity index (χ0v) is 12.1. The van der Waals surface area contributed by atoms with E-state index in [0.29, 0.717) is 16.6 Å². The van der Waals surface area contributed by atoms with Crippen LogP contribution in [0.1, 0.15) is 11.1 Å². The normalized spacial score (nSPS) is 11.6. The predicted octanol–water partition coefficient (Wildman–Crippen LogP) is 2.10. The van der Waals surface area contributed by atoms with Crippen LogP contribution in [0.3, 0.4) is 0 Å². The molecule has 0 spiro atoms. The first-order valence-electron chi connectivity index (χ1n) is 6.32. The lowest BCUT2D eigenvalue weighted by Gasteiger charge is -2.04. The van der Waals surface area contributed by atoms with Crippen LogP contribution in [0.5, 0.6) is 0 Å². The molecule has 0 amide bonds. The lowest BCUT2D eigenvalue weighted by Crippen LogP contribution is -2.00. The minimum atomic E-state index is 0.440. The van der Waals surface area contributed by atoms with Crippen LogP contribution in [0, 0.1) is 13.8 Å². The van der Waals surface area contributed by atoms with Crippen LogP contribution in [-0.4, -0.2) is 34.4 Å². The third kappa shape index (κ3) is 1.64. The molecule has 0 saturated heterocycles. The van der Waals surface area contributed by atoms with Crippen molar-refractivity contribution in [1.29, 1.82) is 0 Å². The molecule has 0 aliphatic rings. The molecule has 0 atom stereocenters. The molecule has 0 unspecified atom stereocenters. The Hall–Kier alpha value is -2.54. The lowest BCUT2D eigenvalue weighted by atomic mass is 10.2. The van der Waals surface area contributed by atoms with Crippen LogP contribution in [-0.2, 0) is 0 Å². The Balaban J connectivity index is 2.08.